The summed E-state index contributed by atoms with van der Waals surface area (Å²) >= 11 is 7.26. The van der Waals surface area contributed by atoms with Gasteiger partial charge in [0.1, 0.15) is 6.10 Å². The second-order valence-corrected chi connectivity index (χ2v) is 4.00. The number of aliphatic hydroxyl groups excluding tert-OH is 2. The number of hydrogen-bond acceptors (Lipinski definition) is 3. The van der Waals surface area contributed by atoms with Crippen LogP contribution in [0.4, 0.5) is 0 Å². The van der Waals surface area contributed by atoms with Crippen molar-refractivity contribution in [3.8, 4) is 0 Å². The van der Waals surface area contributed by atoms with E-state index >= 15 is 0 Å². The first-order valence-corrected chi connectivity index (χ1v) is 6.06. The van der Waals surface area contributed by atoms with E-state index in [9.17, 15) is 10.2 Å². The Morgan fingerprint density at radius 1 is 1.21 bits per heavy atom. The number of hydrogen-bond donors (Lipinski definition) is 3. The molecular weight excluding hydrogens is 264 g/mol. The van der Waals surface area contributed by atoms with E-state index in [0.29, 0.717) is 0 Å². The zero-order valence-corrected chi connectivity index (χ0v) is 10.1. The van der Waals surface area contributed by atoms with Gasteiger partial charge < -0.3 is 10.2 Å². The third-order valence-corrected chi connectivity index (χ3v) is 3.05. The molecule has 0 amide bonds. The van der Waals surface area contributed by atoms with Crippen molar-refractivity contribution in [2.24, 2.45) is 0 Å². The highest BCUT2D eigenvalue weighted by Gasteiger charge is 2.16. The Balaban J connectivity index is 2.75. The number of alkyl halides is 1. The predicted molar refractivity (Wildman–Crippen MR) is 63.9 cm³/mol. The Morgan fingerprint density at radius 2 is 1.79 bits per heavy atom. The van der Waals surface area contributed by atoms with Crippen LogP contribution in [0.15, 0.2) is 24.3 Å². The fourth-order valence-corrected chi connectivity index (χ4v) is 1.70. The number of thiol groups is 1. The highest BCUT2D eigenvalue weighted by molar-refractivity contribution is 9.08. The Labute approximate surface area is 97.5 Å². The third kappa shape index (κ3) is 2.98. The Kier molecular flexibility index (Phi) is 4.95. The minimum absolute atomic E-state index is 0.251. The van der Waals surface area contributed by atoms with Gasteiger partial charge in [0.25, 0.3) is 0 Å². The summed E-state index contributed by atoms with van der Waals surface area (Å²) < 4.78 is 0. The van der Waals surface area contributed by atoms with Crippen LogP contribution in [0.1, 0.15) is 17.2 Å². The van der Waals surface area contributed by atoms with E-state index in [0.717, 1.165) is 16.5 Å². The molecule has 2 atom stereocenters. The van der Waals surface area contributed by atoms with Gasteiger partial charge in [0, 0.05) is 11.1 Å². The lowest BCUT2D eigenvalue weighted by Crippen LogP contribution is -2.19. The highest BCUT2D eigenvalue weighted by Crippen LogP contribution is 2.18. The summed E-state index contributed by atoms with van der Waals surface area (Å²) in [6.07, 6.45) is -1.66. The minimum Gasteiger partial charge on any atom is -0.389 e. The van der Waals surface area contributed by atoms with Gasteiger partial charge in [-0.1, -0.05) is 40.2 Å². The monoisotopic (exact) mass is 276 g/mol. The fraction of sp³-hybridized carbons (Fsp3) is 0.400. The second kappa shape index (κ2) is 5.75. The lowest BCUT2D eigenvalue weighted by Gasteiger charge is -2.16. The van der Waals surface area contributed by atoms with Crippen molar-refractivity contribution in [2.45, 2.75) is 17.5 Å². The van der Waals surface area contributed by atoms with Crippen LogP contribution in [0.25, 0.3) is 0 Å². The average Bonchev–Trinajstić information content (AvgIpc) is 2.27. The molecule has 4 heteroatoms. The Morgan fingerprint density at radius 3 is 2.21 bits per heavy atom. The van der Waals surface area contributed by atoms with E-state index in [4.69, 9.17) is 0 Å². The number of benzene rings is 1. The van der Waals surface area contributed by atoms with E-state index in [-0.39, 0.29) is 5.75 Å². The molecule has 1 aromatic rings. The molecule has 0 fully saturated rings. The van der Waals surface area contributed by atoms with Gasteiger partial charge in [-0.05, 0) is 11.1 Å². The first-order chi connectivity index (χ1) is 6.69. The summed E-state index contributed by atoms with van der Waals surface area (Å²) in [7, 11) is 0. The molecule has 1 rings (SSSR count). The number of halogens is 1. The summed E-state index contributed by atoms with van der Waals surface area (Å²) in [5.74, 6) is 0.251. The first-order valence-electron chi connectivity index (χ1n) is 4.31. The molecule has 0 bridgehead atoms. The molecule has 0 radical (unpaired) electrons. The van der Waals surface area contributed by atoms with Crippen LogP contribution < -0.4 is 0 Å². The average molecular weight is 277 g/mol. The molecule has 2 nitrogen and oxygen atoms in total. The zero-order valence-electron chi connectivity index (χ0n) is 7.60. The Bertz CT molecular complexity index is 276. The van der Waals surface area contributed by atoms with Crippen LogP contribution in [0.2, 0.25) is 0 Å². The molecule has 0 aromatic heterocycles. The maximum atomic E-state index is 9.64. The third-order valence-electron chi connectivity index (χ3n) is 2.03. The smallest absolute Gasteiger partial charge is 0.106 e. The van der Waals surface area contributed by atoms with Gasteiger partial charge in [-0.2, -0.15) is 12.6 Å². The molecule has 0 saturated heterocycles. The lowest BCUT2D eigenvalue weighted by molar-refractivity contribution is 0.0337. The summed E-state index contributed by atoms with van der Waals surface area (Å²) in [4.78, 5) is 0. The molecule has 0 aliphatic carbocycles. The molecule has 0 spiro atoms. The summed E-state index contributed by atoms with van der Waals surface area (Å²) in [6.45, 7) is 0. The highest BCUT2D eigenvalue weighted by atomic mass is 79.9. The Hall–Kier alpha value is -0.0300. The van der Waals surface area contributed by atoms with Gasteiger partial charge in [0.2, 0.25) is 0 Å². The first kappa shape index (κ1) is 12.0. The van der Waals surface area contributed by atoms with Crippen LogP contribution in [0, 0.1) is 0 Å². The van der Waals surface area contributed by atoms with Crippen LogP contribution in [0.3, 0.4) is 0 Å². The van der Waals surface area contributed by atoms with Gasteiger partial charge in [-0.25, -0.2) is 0 Å². The molecular formula is C10H13BrO2S. The van der Waals surface area contributed by atoms with Crippen LogP contribution in [-0.2, 0) is 5.33 Å². The molecule has 2 unspecified atom stereocenters. The van der Waals surface area contributed by atoms with Crippen molar-refractivity contribution in [1.82, 2.24) is 0 Å². The normalized spacial score (nSPS) is 15.1. The maximum Gasteiger partial charge on any atom is 0.106 e. The zero-order chi connectivity index (χ0) is 10.6. The number of aliphatic hydroxyl groups is 2. The lowest BCUT2D eigenvalue weighted by atomic mass is 10.0. The van der Waals surface area contributed by atoms with E-state index in [1.165, 1.54) is 0 Å². The summed E-state index contributed by atoms with van der Waals surface area (Å²) in [5.41, 5.74) is 1.86. The van der Waals surface area contributed by atoms with E-state index in [2.05, 4.69) is 28.6 Å². The molecule has 14 heavy (non-hydrogen) atoms. The van der Waals surface area contributed by atoms with Crippen molar-refractivity contribution in [3.63, 3.8) is 0 Å². The van der Waals surface area contributed by atoms with Crippen LogP contribution >= 0.6 is 28.6 Å². The molecule has 2 N–H and O–H groups in total. The largest absolute Gasteiger partial charge is 0.389 e. The van der Waals surface area contributed by atoms with Gasteiger partial charge in [0.15, 0.2) is 0 Å². The fourth-order valence-electron chi connectivity index (χ4n) is 1.13. The van der Waals surface area contributed by atoms with Gasteiger partial charge in [0.05, 0.1) is 6.10 Å². The van der Waals surface area contributed by atoms with E-state index < -0.39 is 12.2 Å². The molecule has 1 aromatic carbocycles. The SMILES string of the molecule is OC(CS)C(O)c1ccc(CBr)cc1. The summed E-state index contributed by atoms with van der Waals surface area (Å²) in [5, 5.41) is 19.8. The molecule has 0 aliphatic rings. The van der Waals surface area contributed by atoms with Gasteiger partial charge in [-0.3, -0.25) is 0 Å². The minimum atomic E-state index is -0.850. The van der Waals surface area contributed by atoms with Gasteiger partial charge in [-0.15, -0.1) is 0 Å². The van der Waals surface area contributed by atoms with Crippen LogP contribution in [-0.4, -0.2) is 22.1 Å². The van der Waals surface area contributed by atoms with E-state index in [1.54, 1.807) is 0 Å². The van der Waals surface area contributed by atoms with Crippen molar-refractivity contribution in [1.29, 1.82) is 0 Å². The van der Waals surface area contributed by atoms with Crippen LogP contribution in [0.5, 0.6) is 0 Å². The van der Waals surface area contributed by atoms with Crippen molar-refractivity contribution in [2.75, 3.05) is 5.75 Å². The predicted octanol–water partition coefficient (Wildman–Crippen LogP) is 1.91. The molecule has 0 aliphatic heterocycles. The van der Waals surface area contributed by atoms with Gasteiger partial charge >= 0.3 is 0 Å². The molecule has 0 saturated carbocycles. The second-order valence-electron chi connectivity index (χ2n) is 3.07. The van der Waals surface area contributed by atoms with Crippen molar-refractivity contribution < 1.29 is 10.2 Å². The quantitative estimate of drug-likeness (QED) is 0.581. The summed E-state index contributed by atoms with van der Waals surface area (Å²) in [6, 6.07) is 7.46. The maximum absolute atomic E-state index is 9.64. The molecule has 0 heterocycles. The van der Waals surface area contributed by atoms with Crippen molar-refractivity contribution in [3.05, 3.63) is 35.4 Å². The van der Waals surface area contributed by atoms with E-state index in [1.807, 2.05) is 24.3 Å². The molecule has 78 valence electrons. The standard InChI is InChI=1S/C10H13BrO2S/c11-5-7-1-3-8(4-2-7)10(13)9(12)6-14/h1-4,9-10,12-14H,5-6H2. The topological polar surface area (TPSA) is 40.5 Å². The van der Waals surface area contributed by atoms with Crippen molar-refractivity contribution >= 4 is 28.6 Å². The number of rotatable bonds is 4.